The van der Waals surface area contributed by atoms with Crippen LogP contribution in [0.25, 0.3) is 0 Å². The van der Waals surface area contributed by atoms with Gasteiger partial charge in [0, 0.05) is 19.3 Å². The summed E-state index contributed by atoms with van der Waals surface area (Å²) in [7, 11) is 1.30. The van der Waals surface area contributed by atoms with Crippen LogP contribution in [0.5, 0.6) is 0 Å². The molecule has 1 rings (SSSR count). The minimum absolute atomic E-state index is 0.0149. The lowest BCUT2D eigenvalue weighted by Crippen LogP contribution is -2.32. The van der Waals surface area contributed by atoms with E-state index in [-0.39, 0.29) is 24.0 Å². The number of esters is 1. The lowest BCUT2D eigenvalue weighted by molar-refractivity contribution is -0.142. The maximum atomic E-state index is 11.7. The van der Waals surface area contributed by atoms with Crippen LogP contribution in [0.1, 0.15) is 39.0 Å². The topological polar surface area (TPSA) is 60.4 Å². The van der Waals surface area contributed by atoms with E-state index in [2.05, 4.69) is 4.74 Å². The van der Waals surface area contributed by atoms with Gasteiger partial charge < -0.3 is 4.74 Å². The predicted octanol–water partition coefficient (Wildman–Crippen LogP) is 1.27. The summed E-state index contributed by atoms with van der Waals surface area (Å²) < 4.78 is 4.51. The van der Waals surface area contributed by atoms with E-state index >= 15 is 0 Å². The molecule has 0 saturated heterocycles. The van der Waals surface area contributed by atoms with Crippen molar-refractivity contribution in [3.63, 3.8) is 0 Å². The average Bonchev–Trinajstić information content (AvgIpc) is 2.53. The summed E-state index contributed by atoms with van der Waals surface area (Å²) in [5.74, 6) is -0.395. The highest BCUT2D eigenvalue weighted by atomic mass is 16.5. The van der Waals surface area contributed by atoms with Crippen molar-refractivity contribution in [3.8, 4) is 0 Å². The Balaban J connectivity index is 2.72. The van der Waals surface area contributed by atoms with E-state index in [4.69, 9.17) is 0 Å². The molecule has 0 amide bonds. The zero-order chi connectivity index (χ0) is 11.5. The highest BCUT2D eigenvalue weighted by Crippen LogP contribution is 2.38. The van der Waals surface area contributed by atoms with Gasteiger partial charge in [-0.1, -0.05) is 6.92 Å². The van der Waals surface area contributed by atoms with Crippen LogP contribution in [0, 0.1) is 5.41 Å². The molecule has 0 aliphatic heterocycles. The minimum Gasteiger partial charge on any atom is -0.469 e. The van der Waals surface area contributed by atoms with Gasteiger partial charge in [-0.15, -0.1) is 0 Å². The van der Waals surface area contributed by atoms with Crippen LogP contribution in [-0.2, 0) is 19.1 Å². The maximum Gasteiger partial charge on any atom is 0.305 e. The number of ketones is 2. The van der Waals surface area contributed by atoms with Gasteiger partial charge in [0.2, 0.25) is 0 Å². The van der Waals surface area contributed by atoms with Crippen LogP contribution in [0.4, 0.5) is 0 Å². The van der Waals surface area contributed by atoms with Gasteiger partial charge in [0.1, 0.15) is 11.6 Å². The van der Waals surface area contributed by atoms with Crippen molar-refractivity contribution >= 4 is 17.5 Å². The summed E-state index contributed by atoms with van der Waals surface area (Å²) in [6.07, 6.45) is 1.58. The van der Waals surface area contributed by atoms with Crippen LogP contribution < -0.4 is 0 Å². The summed E-state index contributed by atoms with van der Waals surface area (Å²) in [5.41, 5.74) is -0.895. The third-order valence-corrected chi connectivity index (χ3v) is 3.23. The normalized spacial score (nSPS) is 19.3. The second-order valence-electron chi connectivity index (χ2n) is 3.86. The molecule has 0 aromatic heterocycles. The first-order valence-corrected chi connectivity index (χ1v) is 5.20. The first kappa shape index (κ1) is 11.9. The predicted molar refractivity (Wildman–Crippen MR) is 53.2 cm³/mol. The fraction of sp³-hybridized carbons (Fsp3) is 0.727. The molecular formula is C11H16O4. The number of carbonyl (C=O) groups excluding carboxylic acids is 3. The fourth-order valence-corrected chi connectivity index (χ4v) is 2.13. The third-order valence-electron chi connectivity index (χ3n) is 3.23. The molecule has 1 aliphatic carbocycles. The Morgan fingerprint density at radius 3 is 2.27 bits per heavy atom. The van der Waals surface area contributed by atoms with E-state index in [9.17, 15) is 14.4 Å². The molecule has 0 spiro atoms. The number of hydrogen-bond donors (Lipinski definition) is 0. The van der Waals surface area contributed by atoms with Crippen molar-refractivity contribution in [2.24, 2.45) is 5.41 Å². The molecule has 15 heavy (non-hydrogen) atoms. The van der Waals surface area contributed by atoms with Crippen LogP contribution in [0.2, 0.25) is 0 Å². The van der Waals surface area contributed by atoms with Crippen LogP contribution in [-0.4, -0.2) is 24.6 Å². The van der Waals surface area contributed by atoms with E-state index in [1.54, 1.807) is 0 Å². The number of rotatable bonds is 4. The summed E-state index contributed by atoms with van der Waals surface area (Å²) in [6.45, 7) is 1.82. The molecule has 0 bridgehead atoms. The number of methoxy groups -OCH3 is 1. The Kier molecular flexibility index (Phi) is 3.61. The second kappa shape index (κ2) is 4.55. The summed E-state index contributed by atoms with van der Waals surface area (Å²) in [6, 6.07) is 0. The van der Waals surface area contributed by atoms with Gasteiger partial charge in [-0.25, -0.2) is 0 Å². The Bertz CT molecular complexity index is 277. The lowest BCUT2D eigenvalue weighted by atomic mass is 9.77. The molecular weight excluding hydrogens is 196 g/mol. The molecule has 1 saturated carbocycles. The molecule has 0 aromatic rings. The Labute approximate surface area is 89.0 Å². The van der Waals surface area contributed by atoms with Gasteiger partial charge in [0.05, 0.1) is 12.5 Å². The van der Waals surface area contributed by atoms with Gasteiger partial charge in [-0.2, -0.15) is 0 Å². The quantitative estimate of drug-likeness (QED) is 0.520. The molecule has 0 radical (unpaired) electrons. The zero-order valence-electron chi connectivity index (χ0n) is 9.17. The fourth-order valence-electron chi connectivity index (χ4n) is 2.13. The molecule has 0 atom stereocenters. The van der Waals surface area contributed by atoms with Crippen LogP contribution >= 0.6 is 0 Å². The minimum atomic E-state index is -0.895. The first-order valence-electron chi connectivity index (χ1n) is 5.20. The van der Waals surface area contributed by atoms with Crippen molar-refractivity contribution < 1.29 is 19.1 Å². The van der Waals surface area contributed by atoms with E-state index < -0.39 is 5.41 Å². The lowest BCUT2D eigenvalue weighted by Gasteiger charge is -2.23. The Hall–Kier alpha value is -1.19. The number of Topliss-reactive ketones (excluding diaryl/α,β-unsaturated/α-hetero) is 2. The van der Waals surface area contributed by atoms with Crippen molar-refractivity contribution in [2.45, 2.75) is 39.0 Å². The second-order valence-corrected chi connectivity index (χ2v) is 3.86. The molecule has 0 N–H and O–H groups in total. The molecule has 4 heteroatoms. The Morgan fingerprint density at radius 1 is 1.33 bits per heavy atom. The van der Waals surface area contributed by atoms with Crippen LogP contribution in [0.3, 0.4) is 0 Å². The average molecular weight is 212 g/mol. The van der Waals surface area contributed by atoms with Gasteiger partial charge >= 0.3 is 5.97 Å². The third kappa shape index (κ3) is 2.08. The molecule has 0 heterocycles. The smallest absolute Gasteiger partial charge is 0.305 e. The van der Waals surface area contributed by atoms with Crippen molar-refractivity contribution in [3.05, 3.63) is 0 Å². The van der Waals surface area contributed by atoms with Crippen LogP contribution in [0.15, 0.2) is 0 Å². The summed E-state index contributed by atoms with van der Waals surface area (Å²) in [5, 5.41) is 0. The van der Waals surface area contributed by atoms with Crippen molar-refractivity contribution in [2.75, 3.05) is 7.11 Å². The van der Waals surface area contributed by atoms with E-state index in [0.29, 0.717) is 25.7 Å². The molecule has 84 valence electrons. The standard InChI is InChI=1S/C11H16O4/c1-3-11(7-6-10(14)15-2)8(12)4-5-9(11)13/h3-7H2,1-2H3. The molecule has 1 fully saturated rings. The maximum absolute atomic E-state index is 11.7. The first-order chi connectivity index (χ1) is 7.06. The highest BCUT2D eigenvalue weighted by molar-refractivity contribution is 6.12. The molecule has 0 aromatic carbocycles. The van der Waals surface area contributed by atoms with E-state index in [1.165, 1.54) is 7.11 Å². The Morgan fingerprint density at radius 2 is 1.87 bits per heavy atom. The van der Waals surface area contributed by atoms with Crippen molar-refractivity contribution in [1.29, 1.82) is 0 Å². The molecule has 4 nitrogen and oxygen atoms in total. The monoisotopic (exact) mass is 212 g/mol. The molecule has 1 aliphatic rings. The van der Waals surface area contributed by atoms with Crippen molar-refractivity contribution in [1.82, 2.24) is 0 Å². The summed E-state index contributed by atoms with van der Waals surface area (Å²) in [4.78, 5) is 34.3. The summed E-state index contributed by atoms with van der Waals surface area (Å²) >= 11 is 0. The number of ether oxygens (including phenoxy) is 1. The van der Waals surface area contributed by atoms with E-state index in [0.717, 1.165) is 0 Å². The van der Waals surface area contributed by atoms with Gasteiger partial charge in [0.25, 0.3) is 0 Å². The SMILES string of the molecule is CCC1(CCC(=O)OC)C(=O)CCC1=O. The molecule has 0 unspecified atom stereocenters. The number of carbonyl (C=O) groups is 3. The van der Waals surface area contributed by atoms with Gasteiger partial charge in [-0.3, -0.25) is 14.4 Å². The zero-order valence-corrected chi connectivity index (χ0v) is 9.17. The highest BCUT2D eigenvalue weighted by Gasteiger charge is 2.47. The van der Waals surface area contributed by atoms with Gasteiger partial charge in [0.15, 0.2) is 0 Å². The van der Waals surface area contributed by atoms with E-state index in [1.807, 2.05) is 6.92 Å². The largest absolute Gasteiger partial charge is 0.469 e. The van der Waals surface area contributed by atoms with Gasteiger partial charge in [-0.05, 0) is 12.8 Å². The number of hydrogen-bond acceptors (Lipinski definition) is 4.